The molecule has 0 saturated carbocycles. The molecule has 3 aromatic rings. The molecule has 0 spiro atoms. The molecule has 0 atom stereocenters. The third-order valence-corrected chi connectivity index (χ3v) is 6.33. The van der Waals surface area contributed by atoms with Gasteiger partial charge in [0.05, 0.1) is 10.7 Å². The van der Waals surface area contributed by atoms with Crippen LogP contribution in [0.25, 0.3) is 6.08 Å². The van der Waals surface area contributed by atoms with Gasteiger partial charge in [-0.25, -0.2) is 5.43 Å². The summed E-state index contributed by atoms with van der Waals surface area (Å²) in [5.74, 6) is -1.49. The Hall–Kier alpha value is -3.43. The van der Waals surface area contributed by atoms with Crippen LogP contribution < -0.4 is 10.7 Å². The van der Waals surface area contributed by atoms with Gasteiger partial charge in [-0.3, -0.25) is 9.59 Å². The molecule has 168 valence electrons. The number of phenolic OH excluding ortho intramolecular Hbond substituents is 2. The quantitative estimate of drug-likeness (QED) is 0.192. The van der Waals surface area contributed by atoms with E-state index in [4.69, 9.17) is 0 Å². The number of rotatable bonds is 6. The van der Waals surface area contributed by atoms with Gasteiger partial charge in [-0.2, -0.15) is 5.10 Å². The van der Waals surface area contributed by atoms with Gasteiger partial charge in [0, 0.05) is 11.1 Å². The zero-order valence-electron chi connectivity index (χ0n) is 17.3. The molecule has 0 aromatic heterocycles. The lowest BCUT2D eigenvalue weighted by Crippen LogP contribution is -2.32. The van der Waals surface area contributed by atoms with Gasteiger partial charge in [0.25, 0.3) is 11.8 Å². The average Bonchev–Trinajstić information content (AvgIpc) is 2.84. The highest BCUT2D eigenvalue weighted by Gasteiger charge is 2.18. The number of hydrogen-bond acceptors (Lipinski definition) is 5. The summed E-state index contributed by atoms with van der Waals surface area (Å²) in [5.41, 5.74) is 4.25. The standard InChI is InChI=1S/C24H19Br2N3O4/c1-14-17(21(30)20(26)22(31)19(14)25)13-27-29-24(33)18(12-15-8-4-2-5-9-15)28-23(32)16-10-6-3-7-11-16/h2-13,30-31H,1H3,(H,28,32)(H,29,33)/b18-12-,27-13-. The lowest BCUT2D eigenvalue weighted by Gasteiger charge is -2.11. The highest BCUT2D eigenvalue weighted by Crippen LogP contribution is 2.43. The Morgan fingerprint density at radius 3 is 2.15 bits per heavy atom. The summed E-state index contributed by atoms with van der Waals surface area (Å²) in [4.78, 5) is 25.4. The van der Waals surface area contributed by atoms with E-state index in [-0.39, 0.29) is 27.2 Å². The van der Waals surface area contributed by atoms with Gasteiger partial charge in [0.2, 0.25) is 0 Å². The molecule has 33 heavy (non-hydrogen) atoms. The van der Waals surface area contributed by atoms with Gasteiger partial charge in [0.1, 0.15) is 21.7 Å². The lowest BCUT2D eigenvalue weighted by molar-refractivity contribution is -0.117. The molecule has 0 radical (unpaired) electrons. The van der Waals surface area contributed by atoms with Crippen LogP contribution in [0.3, 0.4) is 0 Å². The second-order valence-corrected chi connectivity index (χ2v) is 8.44. The van der Waals surface area contributed by atoms with Crippen LogP contribution >= 0.6 is 31.9 Å². The van der Waals surface area contributed by atoms with Crippen molar-refractivity contribution in [1.29, 1.82) is 0 Å². The van der Waals surface area contributed by atoms with E-state index in [0.29, 0.717) is 21.2 Å². The van der Waals surface area contributed by atoms with Crippen LogP contribution in [0, 0.1) is 6.92 Å². The summed E-state index contributed by atoms with van der Waals surface area (Å²) < 4.78 is 0.465. The van der Waals surface area contributed by atoms with Crippen molar-refractivity contribution in [3.8, 4) is 11.5 Å². The molecule has 0 fully saturated rings. The first-order chi connectivity index (χ1) is 15.8. The number of benzene rings is 3. The molecule has 0 aliphatic rings. The number of carbonyl (C=O) groups is 2. The largest absolute Gasteiger partial charge is 0.506 e. The fourth-order valence-corrected chi connectivity index (χ4v) is 3.92. The van der Waals surface area contributed by atoms with Gasteiger partial charge >= 0.3 is 0 Å². The normalized spacial score (nSPS) is 11.4. The van der Waals surface area contributed by atoms with E-state index in [1.807, 2.05) is 18.2 Å². The third kappa shape index (κ3) is 5.88. The predicted octanol–water partition coefficient (Wildman–Crippen LogP) is 4.85. The monoisotopic (exact) mass is 571 g/mol. The Morgan fingerprint density at radius 2 is 1.52 bits per heavy atom. The average molecular weight is 573 g/mol. The van der Waals surface area contributed by atoms with Gasteiger partial charge < -0.3 is 15.5 Å². The summed E-state index contributed by atoms with van der Waals surface area (Å²) in [6.07, 6.45) is 2.78. The highest BCUT2D eigenvalue weighted by atomic mass is 79.9. The first kappa shape index (κ1) is 24.2. The van der Waals surface area contributed by atoms with Gasteiger partial charge in [-0.1, -0.05) is 48.5 Å². The number of nitrogens with one attached hydrogen (secondary N) is 2. The van der Waals surface area contributed by atoms with Crippen molar-refractivity contribution in [3.63, 3.8) is 0 Å². The fraction of sp³-hybridized carbons (Fsp3) is 0.0417. The summed E-state index contributed by atoms with van der Waals surface area (Å²) in [6.45, 7) is 1.67. The second-order valence-electron chi connectivity index (χ2n) is 6.85. The van der Waals surface area contributed by atoms with E-state index >= 15 is 0 Å². The number of phenols is 2. The Morgan fingerprint density at radius 1 is 0.909 bits per heavy atom. The maximum absolute atomic E-state index is 12.8. The molecule has 0 heterocycles. The first-order valence-electron chi connectivity index (χ1n) is 9.65. The van der Waals surface area contributed by atoms with Crippen LogP contribution in [0.5, 0.6) is 11.5 Å². The molecule has 0 aliphatic carbocycles. The number of hydrogen-bond donors (Lipinski definition) is 4. The van der Waals surface area contributed by atoms with E-state index in [0.717, 1.165) is 0 Å². The Labute approximate surface area is 207 Å². The minimum Gasteiger partial charge on any atom is -0.506 e. The molecule has 3 rings (SSSR count). The van der Waals surface area contributed by atoms with Gasteiger partial charge in [-0.15, -0.1) is 0 Å². The van der Waals surface area contributed by atoms with Crippen LogP contribution in [0.2, 0.25) is 0 Å². The summed E-state index contributed by atoms with van der Waals surface area (Å²) >= 11 is 6.36. The predicted molar refractivity (Wildman–Crippen MR) is 134 cm³/mol. The van der Waals surface area contributed by atoms with Crippen molar-refractivity contribution in [1.82, 2.24) is 10.7 Å². The number of carbonyl (C=O) groups excluding carboxylic acids is 2. The molecule has 0 bridgehead atoms. The molecule has 4 N–H and O–H groups in total. The van der Waals surface area contributed by atoms with Crippen LogP contribution in [0.15, 0.2) is 80.4 Å². The molecule has 9 heteroatoms. The van der Waals surface area contributed by atoms with E-state index in [9.17, 15) is 19.8 Å². The van der Waals surface area contributed by atoms with E-state index in [1.54, 1.807) is 49.4 Å². The fourth-order valence-electron chi connectivity index (χ4n) is 2.83. The van der Waals surface area contributed by atoms with E-state index in [1.165, 1.54) is 12.3 Å². The van der Waals surface area contributed by atoms with Crippen LogP contribution in [-0.4, -0.2) is 28.2 Å². The minimum atomic E-state index is -0.659. The van der Waals surface area contributed by atoms with Crippen molar-refractivity contribution in [2.45, 2.75) is 6.92 Å². The Kier molecular flexibility index (Phi) is 8.02. The Bertz CT molecular complexity index is 1210. The first-order valence-corrected chi connectivity index (χ1v) is 11.2. The van der Waals surface area contributed by atoms with Crippen molar-refractivity contribution >= 4 is 56.0 Å². The summed E-state index contributed by atoms with van der Waals surface area (Å²) in [5, 5.41) is 26.8. The topological polar surface area (TPSA) is 111 Å². The number of nitrogens with zero attached hydrogens (tertiary/aromatic N) is 1. The molecule has 7 nitrogen and oxygen atoms in total. The summed E-state index contributed by atoms with van der Waals surface area (Å²) in [6, 6.07) is 17.6. The minimum absolute atomic E-state index is 0.0128. The molecule has 2 amide bonds. The zero-order chi connectivity index (χ0) is 24.0. The molecular weight excluding hydrogens is 554 g/mol. The number of amides is 2. The van der Waals surface area contributed by atoms with Crippen molar-refractivity contribution < 1.29 is 19.8 Å². The SMILES string of the molecule is Cc1c(Br)c(O)c(Br)c(O)c1/C=N\NC(=O)/C(=C/c1ccccc1)NC(=O)c1ccccc1. The number of hydrazone groups is 1. The van der Waals surface area contributed by atoms with Crippen molar-refractivity contribution in [2.24, 2.45) is 5.10 Å². The van der Waals surface area contributed by atoms with E-state index < -0.39 is 11.8 Å². The molecule has 0 unspecified atom stereocenters. The highest BCUT2D eigenvalue weighted by molar-refractivity contribution is 9.11. The number of aromatic hydroxyl groups is 2. The van der Waals surface area contributed by atoms with Crippen LogP contribution in [-0.2, 0) is 4.79 Å². The summed E-state index contributed by atoms with van der Waals surface area (Å²) in [7, 11) is 0. The maximum Gasteiger partial charge on any atom is 0.287 e. The van der Waals surface area contributed by atoms with E-state index in [2.05, 4.69) is 47.7 Å². The van der Waals surface area contributed by atoms with Crippen LogP contribution in [0.4, 0.5) is 0 Å². The lowest BCUT2D eigenvalue weighted by atomic mass is 10.1. The zero-order valence-corrected chi connectivity index (χ0v) is 20.5. The van der Waals surface area contributed by atoms with Gasteiger partial charge in [-0.05, 0) is 68.1 Å². The van der Waals surface area contributed by atoms with Gasteiger partial charge in [0.15, 0.2) is 0 Å². The third-order valence-electron chi connectivity index (χ3n) is 4.61. The molecule has 0 saturated heterocycles. The maximum atomic E-state index is 12.8. The number of halogens is 2. The van der Waals surface area contributed by atoms with Crippen molar-refractivity contribution in [2.75, 3.05) is 0 Å². The second kappa shape index (κ2) is 10.9. The van der Waals surface area contributed by atoms with Crippen molar-refractivity contribution in [3.05, 3.63) is 97.6 Å². The van der Waals surface area contributed by atoms with Crippen LogP contribution in [0.1, 0.15) is 27.0 Å². The molecule has 3 aromatic carbocycles. The molecular formula is C24H19Br2N3O4. The molecule has 0 aliphatic heterocycles. The smallest absolute Gasteiger partial charge is 0.287 e. The Balaban J connectivity index is 1.85.